The average Bonchev–Trinajstić information content (AvgIpc) is 2.35. The minimum Gasteiger partial charge on any atom is -0.393 e. The fraction of sp³-hybridized carbons (Fsp3) is 0.938. The Balaban J connectivity index is 0. The second kappa shape index (κ2) is 16.6. The lowest BCUT2D eigenvalue weighted by atomic mass is 10.1. The molecule has 0 rings (SSSR count). The lowest BCUT2D eigenvalue weighted by Gasteiger charge is -2.06. The number of hydrogen-bond acceptors (Lipinski definition) is 2. The van der Waals surface area contributed by atoms with E-state index in [1.807, 2.05) is 6.92 Å². The van der Waals surface area contributed by atoms with Gasteiger partial charge in [0.25, 0.3) is 0 Å². The van der Waals surface area contributed by atoms with Crippen molar-refractivity contribution >= 4 is 5.78 Å². The van der Waals surface area contributed by atoms with Crippen LogP contribution in [0.2, 0.25) is 0 Å². The van der Waals surface area contributed by atoms with Crippen LogP contribution in [0.1, 0.15) is 91.9 Å². The summed E-state index contributed by atoms with van der Waals surface area (Å²) in [7, 11) is 0. The second-order valence-electron chi connectivity index (χ2n) is 4.98. The zero-order chi connectivity index (χ0) is 14.2. The molecule has 1 N–H and O–H groups in total. The van der Waals surface area contributed by atoms with Crippen LogP contribution in [-0.2, 0) is 4.79 Å². The minimum absolute atomic E-state index is 0.0325. The van der Waals surface area contributed by atoms with Crippen molar-refractivity contribution in [2.24, 2.45) is 0 Å². The average molecular weight is 258 g/mol. The van der Waals surface area contributed by atoms with Gasteiger partial charge in [-0.15, -0.1) is 0 Å². The fourth-order valence-electron chi connectivity index (χ4n) is 1.70. The number of Topliss-reactive ketones (excluding diaryl/α,β-unsaturated/α-hetero) is 1. The molecule has 0 aromatic rings. The summed E-state index contributed by atoms with van der Waals surface area (Å²) in [6, 6.07) is 0. The molecule has 0 heterocycles. The van der Waals surface area contributed by atoms with E-state index in [1.165, 1.54) is 12.8 Å². The summed E-state index contributed by atoms with van der Waals surface area (Å²) >= 11 is 0. The van der Waals surface area contributed by atoms with E-state index in [0.717, 1.165) is 51.4 Å². The highest BCUT2D eigenvalue weighted by atomic mass is 16.3. The molecule has 0 bridgehead atoms. The third kappa shape index (κ3) is 18.0. The Morgan fingerprint density at radius 1 is 0.833 bits per heavy atom. The van der Waals surface area contributed by atoms with Gasteiger partial charge in [0.05, 0.1) is 6.10 Å². The van der Waals surface area contributed by atoms with Crippen molar-refractivity contribution in [2.45, 2.75) is 98.0 Å². The Bertz CT molecular complexity index is 166. The van der Waals surface area contributed by atoms with Gasteiger partial charge in [-0.1, -0.05) is 53.4 Å². The van der Waals surface area contributed by atoms with E-state index in [2.05, 4.69) is 20.8 Å². The molecule has 0 aliphatic carbocycles. The molecule has 0 spiro atoms. The van der Waals surface area contributed by atoms with Crippen LogP contribution < -0.4 is 0 Å². The van der Waals surface area contributed by atoms with Gasteiger partial charge in [0.1, 0.15) is 5.78 Å². The lowest BCUT2D eigenvalue weighted by Crippen LogP contribution is -2.04. The van der Waals surface area contributed by atoms with Crippen LogP contribution in [0.15, 0.2) is 0 Å². The first-order chi connectivity index (χ1) is 8.62. The van der Waals surface area contributed by atoms with Crippen molar-refractivity contribution in [2.75, 3.05) is 0 Å². The van der Waals surface area contributed by atoms with Crippen molar-refractivity contribution in [3.05, 3.63) is 0 Å². The molecule has 0 saturated carbocycles. The third-order valence-electron chi connectivity index (χ3n) is 2.85. The molecular formula is C16H34O2. The maximum absolute atomic E-state index is 10.8. The van der Waals surface area contributed by atoms with Gasteiger partial charge >= 0.3 is 0 Å². The number of hydrogen-bond donors (Lipinski definition) is 1. The molecule has 0 aliphatic rings. The van der Waals surface area contributed by atoms with Crippen LogP contribution in [0.3, 0.4) is 0 Å². The molecule has 2 nitrogen and oxygen atoms in total. The van der Waals surface area contributed by atoms with Crippen molar-refractivity contribution in [1.82, 2.24) is 0 Å². The molecule has 110 valence electrons. The summed E-state index contributed by atoms with van der Waals surface area (Å²) in [6.45, 7) is 8.41. The van der Waals surface area contributed by atoms with Crippen LogP contribution in [0.5, 0.6) is 0 Å². The van der Waals surface area contributed by atoms with E-state index in [4.69, 9.17) is 0 Å². The Morgan fingerprint density at radius 2 is 1.44 bits per heavy atom. The summed E-state index contributed by atoms with van der Waals surface area (Å²) in [4.78, 5) is 10.8. The highest BCUT2D eigenvalue weighted by molar-refractivity contribution is 5.78. The largest absolute Gasteiger partial charge is 0.393 e. The number of carbonyl (C=O) groups excluding carboxylic acids is 1. The third-order valence-corrected chi connectivity index (χ3v) is 2.85. The van der Waals surface area contributed by atoms with Gasteiger partial charge in [-0.3, -0.25) is 4.79 Å². The lowest BCUT2D eigenvalue weighted by molar-refractivity contribution is -0.119. The van der Waals surface area contributed by atoms with E-state index in [0.29, 0.717) is 5.78 Å². The van der Waals surface area contributed by atoms with Gasteiger partial charge in [0, 0.05) is 12.8 Å². The van der Waals surface area contributed by atoms with Crippen molar-refractivity contribution in [1.29, 1.82) is 0 Å². The first-order valence-electron chi connectivity index (χ1n) is 7.81. The van der Waals surface area contributed by atoms with Crippen LogP contribution in [0.25, 0.3) is 0 Å². The second-order valence-corrected chi connectivity index (χ2v) is 4.98. The Morgan fingerprint density at radius 3 is 1.89 bits per heavy atom. The maximum Gasteiger partial charge on any atom is 0.132 e. The molecule has 2 heteroatoms. The minimum atomic E-state index is -0.0325. The van der Waals surface area contributed by atoms with E-state index in [-0.39, 0.29) is 6.10 Å². The van der Waals surface area contributed by atoms with Gasteiger partial charge < -0.3 is 5.11 Å². The molecule has 1 unspecified atom stereocenters. The number of ketones is 1. The van der Waals surface area contributed by atoms with Gasteiger partial charge in [0.15, 0.2) is 0 Å². The molecule has 0 aromatic heterocycles. The highest BCUT2D eigenvalue weighted by Gasteiger charge is 1.99. The van der Waals surface area contributed by atoms with Gasteiger partial charge in [-0.05, 0) is 25.7 Å². The predicted molar refractivity (Wildman–Crippen MR) is 79.9 cm³/mol. The van der Waals surface area contributed by atoms with E-state index >= 15 is 0 Å². The van der Waals surface area contributed by atoms with Gasteiger partial charge in [-0.2, -0.15) is 0 Å². The Hall–Kier alpha value is -0.370. The summed E-state index contributed by atoms with van der Waals surface area (Å²) in [6.07, 6.45) is 10.2. The molecule has 0 radical (unpaired) electrons. The van der Waals surface area contributed by atoms with Crippen LogP contribution in [-0.4, -0.2) is 17.0 Å². The summed E-state index contributed by atoms with van der Waals surface area (Å²) in [5.74, 6) is 0.430. The molecule has 0 aliphatic heterocycles. The molecule has 0 aromatic carbocycles. The molecule has 18 heavy (non-hydrogen) atoms. The molecule has 0 fully saturated rings. The SMILES string of the molecule is CCCCC(=O)CCC.CCCCC(O)CCC. The summed E-state index contributed by atoms with van der Waals surface area (Å²) in [5, 5.41) is 9.18. The topological polar surface area (TPSA) is 37.3 Å². The normalized spacial score (nSPS) is 11.6. The number of carbonyl (C=O) groups is 1. The fourth-order valence-corrected chi connectivity index (χ4v) is 1.70. The smallest absolute Gasteiger partial charge is 0.132 e. The summed E-state index contributed by atoms with van der Waals surface area (Å²) < 4.78 is 0. The van der Waals surface area contributed by atoms with Crippen LogP contribution >= 0.6 is 0 Å². The standard InChI is InChI=1S/C8H18O.C8H16O/c2*1-3-5-7-8(9)6-4-2/h8-9H,3-7H2,1-2H3;3-7H2,1-2H3. The molecule has 1 atom stereocenters. The maximum atomic E-state index is 10.8. The zero-order valence-corrected chi connectivity index (χ0v) is 13.0. The Kier molecular flexibility index (Phi) is 18.4. The molecular weight excluding hydrogens is 224 g/mol. The van der Waals surface area contributed by atoms with Crippen LogP contribution in [0, 0.1) is 0 Å². The monoisotopic (exact) mass is 258 g/mol. The van der Waals surface area contributed by atoms with Gasteiger partial charge in [-0.25, -0.2) is 0 Å². The molecule has 0 amide bonds. The van der Waals surface area contributed by atoms with E-state index in [9.17, 15) is 9.90 Å². The van der Waals surface area contributed by atoms with Gasteiger partial charge in [0.2, 0.25) is 0 Å². The first kappa shape index (κ1) is 20.0. The first-order valence-corrected chi connectivity index (χ1v) is 7.81. The van der Waals surface area contributed by atoms with Crippen molar-refractivity contribution < 1.29 is 9.90 Å². The number of rotatable bonds is 10. The predicted octanol–water partition coefficient (Wildman–Crippen LogP) is 4.88. The number of aliphatic hydroxyl groups excluding tert-OH is 1. The molecule has 0 saturated heterocycles. The Labute approximate surface area is 114 Å². The van der Waals surface area contributed by atoms with Crippen molar-refractivity contribution in [3.63, 3.8) is 0 Å². The number of aliphatic hydroxyl groups is 1. The van der Waals surface area contributed by atoms with E-state index in [1.54, 1.807) is 0 Å². The van der Waals surface area contributed by atoms with Crippen molar-refractivity contribution in [3.8, 4) is 0 Å². The zero-order valence-electron chi connectivity index (χ0n) is 13.0. The quantitative estimate of drug-likeness (QED) is 0.606. The highest BCUT2D eigenvalue weighted by Crippen LogP contribution is 2.05. The number of unbranched alkanes of at least 4 members (excludes halogenated alkanes) is 2. The van der Waals surface area contributed by atoms with Crippen LogP contribution in [0.4, 0.5) is 0 Å². The van der Waals surface area contributed by atoms with E-state index < -0.39 is 0 Å². The summed E-state index contributed by atoms with van der Waals surface area (Å²) in [5.41, 5.74) is 0.